The van der Waals surface area contributed by atoms with Gasteiger partial charge in [0.25, 0.3) is 0 Å². The molecule has 1 N–H and O–H groups in total. The molecule has 0 saturated carbocycles. The summed E-state index contributed by atoms with van der Waals surface area (Å²) in [7, 11) is 1.97. The van der Waals surface area contributed by atoms with Crippen LogP contribution in [0.4, 0.5) is 0 Å². The van der Waals surface area contributed by atoms with Gasteiger partial charge in [-0.15, -0.1) is 11.8 Å². The van der Waals surface area contributed by atoms with Crippen LogP contribution in [0.25, 0.3) is 0 Å². The van der Waals surface area contributed by atoms with E-state index in [4.69, 9.17) is 4.52 Å². The Bertz CT molecular complexity index is 514. The summed E-state index contributed by atoms with van der Waals surface area (Å²) in [4.78, 5) is 14.4. The van der Waals surface area contributed by atoms with E-state index in [1.165, 1.54) is 12.8 Å². The van der Waals surface area contributed by atoms with Crippen LogP contribution in [-0.2, 0) is 10.5 Å². The number of amides is 1. The Hall–Kier alpha value is -1.01. The van der Waals surface area contributed by atoms with Gasteiger partial charge in [-0.05, 0) is 39.5 Å². The summed E-state index contributed by atoms with van der Waals surface area (Å²) in [5, 5.41) is 7.58. The summed E-state index contributed by atoms with van der Waals surface area (Å²) in [5.74, 6) is 2.42. The molecule has 3 rings (SSSR count). The standard InChI is InChI=1S/C16H25N3O2S/c1-10-15(11(2)21-18-10)8-22-9-16(20)19(3)14-6-12-4-5-13(7-14)17-12/h12-14,17H,4-9H2,1-3H3. The maximum Gasteiger partial charge on any atom is 0.232 e. The quantitative estimate of drug-likeness (QED) is 0.901. The van der Waals surface area contributed by atoms with Crippen LogP contribution in [0.2, 0.25) is 0 Å². The van der Waals surface area contributed by atoms with Crippen molar-refractivity contribution >= 4 is 17.7 Å². The largest absolute Gasteiger partial charge is 0.361 e. The Morgan fingerprint density at radius 3 is 2.64 bits per heavy atom. The number of piperidine rings is 1. The lowest BCUT2D eigenvalue weighted by molar-refractivity contribution is -0.129. The van der Waals surface area contributed by atoms with Crippen molar-refractivity contribution in [2.45, 2.75) is 63.4 Å². The molecular formula is C16H25N3O2S. The summed E-state index contributed by atoms with van der Waals surface area (Å²) in [5.41, 5.74) is 2.06. The topological polar surface area (TPSA) is 58.4 Å². The fraction of sp³-hybridized carbons (Fsp3) is 0.750. The van der Waals surface area contributed by atoms with Crippen molar-refractivity contribution in [3.05, 3.63) is 17.0 Å². The minimum Gasteiger partial charge on any atom is -0.361 e. The van der Waals surface area contributed by atoms with Crippen molar-refractivity contribution in [3.8, 4) is 0 Å². The van der Waals surface area contributed by atoms with Crippen LogP contribution >= 0.6 is 11.8 Å². The molecule has 0 aromatic carbocycles. The average Bonchev–Trinajstić information content (AvgIpc) is 3.01. The summed E-state index contributed by atoms with van der Waals surface area (Å²) in [6.45, 7) is 3.87. The van der Waals surface area contributed by atoms with Gasteiger partial charge in [-0.3, -0.25) is 4.79 Å². The Kier molecular flexibility index (Phi) is 4.78. The van der Waals surface area contributed by atoms with Gasteiger partial charge in [-0.25, -0.2) is 0 Å². The van der Waals surface area contributed by atoms with Crippen molar-refractivity contribution in [2.24, 2.45) is 0 Å². The molecule has 2 fully saturated rings. The molecule has 2 atom stereocenters. The fourth-order valence-electron chi connectivity index (χ4n) is 3.60. The second-order valence-electron chi connectivity index (χ2n) is 6.56. The number of fused-ring (bicyclic) bond motifs is 2. The number of nitrogens with one attached hydrogen (secondary N) is 1. The van der Waals surface area contributed by atoms with Gasteiger partial charge in [0.2, 0.25) is 5.91 Å². The molecule has 122 valence electrons. The summed E-state index contributed by atoms with van der Waals surface area (Å²) in [6, 6.07) is 1.65. The minimum atomic E-state index is 0.239. The number of carbonyl (C=O) groups excluding carboxylic acids is 1. The van der Waals surface area contributed by atoms with Gasteiger partial charge in [-0.2, -0.15) is 0 Å². The van der Waals surface area contributed by atoms with Gasteiger partial charge in [0.05, 0.1) is 11.4 Å². The lowest BCUT2D eigenvalue weighted by Crippen LogP contribution is -2.49. The Morgan fingerprint density at radius 1 is 1.36 bits per heavy atom. The van der Waals surface area contributed by atoms with Gasteiger partial charge < -0.3 is 14.7 Å². The molecule has 2 aliphatic rings. The lowest BCUT2D eigenvalue weighted by Gasteiger charge is -2.35. The molecule has 6 heteroatoms. The zero-order valence-corrected chi connectivity index (χ0v) is 14.4. The highest BCUT2D eigenvalue weighted by molar-refractivity contribution is 7.99. The minimum absolute atomic E-state index is 0.239. The van der Waals surface area contributed by atoms with Crippen LogP contribution in [0.5, 0.6) is 0 Å². The number of hydrogen-bond acceptors (Lipinski definition) is 5. The van der Waals surface area contributed by atoms with E-state index >= 15 is 0 Å². The number of thioether (sulfide) groups is 1. The molecule has 0 radical (unpaired) electrons. The molecule has 1 aromatic heterocycles. The van der Waals surface area contributed by atoms with Crippen LogP contribution in [-0.4, -0.2) is 46.9 Å². The van der Waals surface area contributed by atoms with Crippen molar-refractivity contribution in [1.82, 2.24) is 15.4 Å². The second kappa shape index (κ2) is 6.62. The first-order valence-corrected chi connectivity index (χ1v) is 9.21. The number of aromatic nitrogens is 1. The lowest BCUT2D eigenvalue weighted by atomic mass is 9.98. The molecule has 0 aliphatic carbocycles. The first-order chi connectivity index (χ1) is 10.5. The van der Waals surface area contributed by atoms with E-state index in [-0.39, 0.29) is 5.91 Å². The fourth-order valence-corrected chi connectivity index (χ4v) is 4.69. The van der Waals surface area contributed by atoms with Crippen LogP contribution in [0.3, 0.4) is 0 Å². The molecule has 2 unspecified atom stereocenters. The first kappa shape index (κ1) is 15.9. The molecule has 2 bridgehead atoms. The van der Waals surface area contributed by atoms with Crippen LogP contribution in [0.1, 0.15) is 42.7 Å². The highest BCUT2D eigenvalue weighted by Gasteiger charge is 2.36. The summed E-state index contributed by atoms with van der Waals surface area (Å²) >= 11 is 1.65. The third-order valence-corrected chi connectivity index (χ3v) is 5.99. The number of rotatable bonds is 5. The predicted molar refractivity (Wildman–Crippen MR) is 87.9 cm³/mol. The monoisotopic (exact) mass is 323 g/mol. The Balaban J connectivity index is 1.47. The first-order valence-electron chi connectivity index (χ1n) is 8.05. The van der Waals surface area contributed by atoms with Crippen LogP contribution < -0.4 is 5.32 Å². The average molecular weight is 323 g/mol. The van der Waals surface area contributed by atoms with Gasteiger partial charge >= 0.3 is 0 Å². The second-order valence-corrected chi connectivity index (χ2v) is 7.55. The number of aryl methyl sites for hydroxylation is 2. The van der Waals surface area contributed by atoms with E-state index in [0.717, 1.165) is 35.6 Å². The highest BCUT2D eigenvalue weighted by Crippen LogP contribution is 2.29. The van der Waals surface area contributed by atoms with E-state index in [1.54, 1.807) is 11.8 Å². The maximum atomic E-state index is 12.4. The molecule has 2 aliphatic heterocycles. The van der Waals surface area contributed by atoms with E-state index in [9.17, 15) is 4.79 Å². The summed E-state index contributed by atoms with van der Waals surface area (Å²) in [6.07, 6.45) is 4.74. The van der Waals surface area contributed by atoms with Gasteiger partial charge in [0.15, 0.2) is 0 Å². The SMILES string of the molecule is Cc1noc(C)c1CSCC(=O)N(C)C1CC2CCC(C1)N2. The molecule has 2 saturated heterocycles. The van der Waals surface area contributed by atoms with Gasteiger partial charge in [0.1, 0.15) is 5.76 Å². The molecule has 1 aromatic rings. The third-order valence-electron chi connectivity index (χ3n) is 5.04. The van der Waals surface area contributed by atoms with Crippen molar-refractivity contribution in [3.63, 3.8) is 0 Å². The Labute approximate surface area is 136 Å². The van der Waals surface area contributed by atoms with E-state index in [2.05, 4.69) is 10.5 Å². The predicted octanol–water partition coefficient (Wildman–Crippen LogP) is 2.27. The third kappa shape index (κ3) is 3.33. The van der Waals surface area contributed by atoms with Crippen LogP contribution in [0.15, 0.2) is 4.52 Å². The molecule has 0 spiro atoms. The van der Waals surface area contributed by atoms with Crippen molar-refractivity contribution in [2.75, 3.05) is 12.8 Å². The highest BCUT2D eigenvalue weighted by atomic mass is 32.2. The Morgan fingerprint density at radius 2 is 2.05 bits per heavy atom. The summed E-state index contributed by atoms with van der Waals surface area (Å²) < 4.78 is 5.16. The molecule has 22 heavy (non-hydrogen) atoms. The van der Waals surface area contributed by atoms with Crippen molar-refractivity contribution < 1.29 is 9.32 Å². The van der Waals surface area contributed by atoms with Crippen LogP contribution in [0, 0.1) is 13.8 Å². The normalized spacial score (nSPS) is 27.1. The van der Waals surface area contributed by atoms with Crippen molar-refractivity contribution in [1.29, 1.82) is 0 Å². The van der Waals surface area contributed by atoms with E-state index < -0.39 is 0 Å². The number of carbonyl (C=O) groups is 1. The number of hydrogen-bond donors (Lipinski definition) is 1. The van der Waals surface area contributed by atoms with E-state index in [1.807, 2.05) is 25.8 Å². The van der Waals surface area contributed by atoms with Gasteiger partial charge in [-0.1, -0.05) is 5.16 Å². The zero-order valence-electron chi connectivity index (χ0n) is 13.6. The molecular weight excluding hydrogens is 298 g/mol. The molecule has 5 nitrogen and oxygen atoms in total. The van der Waals surface area contributed by atoms with Gasteiger partial charge in [0, 0.05) is 36.5 Å². The molecule has 1 amide bonds. The smallest absolute Gasteiger partial charge is 0.232 e. The zero-order chi connectivity index (χ0) is 15.7. The number of nitrogens with zero attached hydrogens (tertiary/aromatic N) is 2. The van der Waals surface area contributed by atoms with E-state index in [0.29, 0.717) is 23.9 Å². The molecule has 3 heterocycles. The maximum absolute atomic E-state index is 12.4.